The molecule has 3 nitrogen and oxygen atoms in total. The molecule has 0 amide bonds. The second kappa shape index (κ2) is 9.76. The molecule has 0 spiro atoms. The summed E-state index contributed by atoms with van der Waals surface area (Å²) in [6.45, 7) is 13.5. The van der Waals surface area contributed by atoms with Crippen molar-refractivity contribution in [1.82, 2.24) is 5.32 Å². The molecule has 0 saturated heterocycles. The van der Waals surface area contributed by atoms with Gasteiger partial charge in [-0.3, -0.25) is 0 Å². The number of rotatable bonds is 11. The van der Waals surface area contributed by atoms with E-state index < -0.39 is 0 Å². The molecule has 0 heterocycles. The molecule has 110 valence electrons. The molecular formula is C15H33NO2. The van der Waals surface area contributed by atoms with E-state index in [1.807, 2.05) is 0 Å². The van der Waals surface area contributed by atoms with Gasteiger partial charge in [0.2, 0.25) is 0 Å². The fourth-order valence-electron chi connectivity index (χ4n) is 1.67. The summed E-state index contributed by atoms with van der Waals surface area (Å²) < 4.78 is 11.2. The van der Waals surface area contributed by atoms with Crippen molar-refractivity contribution in [2.24, 2.45) is 5.92 Å². The lowest BCUT2D eigenvalue weighted by atomic mass is 10.00. The third-order valence-electron chi connectivity index (χ3n) is 3.69. The van der Waals surface area contributed by atoms with Crippen LogP contribution in [0.25, 0.3) is 0 Å². The van der Waals surface area contributed by atoms with Gasteiger partial charge in [0.1, 0.15) is 0 Å². The average Bonchev–Trinajstić information content (AvgIpc) is 2.37. The van der Waals surface area contributed by atoms with Crippen LogP contribution in [0.15, 0.2) is 0 Å². The van der Waals surface area contributed by atoms with Crippen molar-refractivity contribution >= 4 is 0 Å². The van der Waals surface area contributed by atoms with Crippen LogP contribution in [0, 0.1) is 5.92 Å². The van der Waals surface area contributed by atoms with Gasteiger partial charge in [0, 0.05) is 19.8 Å². The molecule has 0 rings (SSSR count). The molecule has 0 aliphatic rings. The molecular weight excluding hydrogens is 226 g/mol. The standard InChI is InChI=1S/C15H33NO2/c1-7-10-16-14(13(3)8-2)12-18-11-9-15(4,5)17-6/h13-14,16H,7-12H2,1-6H3. The fraction of sp³-hybridized carbons (Fsp3) is 1.00. The first-order valence-corrected chi connectivity index (χ1v) is 7.33. The normalized spacial score (nSPS) is 15.7. The average molecular weight is 259 g/mol. The zero-order valence-electron chi connectivity index (χ0n) is 13.2. The second-order valence-electron chi connectivity index (χ2n) is 5.73. The van der Waals surface area contributed by atoms with Crippen molar-refractivity contribution in [1.29, 1.82) is 0 Å². The first-order chi connectivity index (χ1) is 8.46. The largest absolute Gasteiger partial charge is 0.380 e. The molecule has 18 heavy (non-hydrogen) atoms. The lowest BCUT2D eigenvalue weighted by Crippen LogP contribution is -2.39. The molecule has 0 fully saturated rings. The highest BCUT2D eigenvalue weighted by molar-refractivity contribution is 4.72. The molecule has 0 aromatic carbocycles. The summed E-state index contributed by atoms with van der Waals surface area (Å²) in [5, 5.41) is 3.58. The Morgan fingerprint density at radius 2 is 1.89 bits per heavy atom. The van der Waals surface area contributed by atoms with Gasteiger partial charge in [0.15, 0.2) is 0 Å². The van der Waals surface area contributed by atoms with Crippen molar-refractivity contribution in [3.05, 3.63) is 0 Å². The smallest absolute Gasteiger partial charge is 0.0644 e. The molecule has 0 aliphatic carbocycles. The Labute approximate surface area is 114 Å². The molecule has 0 saturated carbocycles. The minimum atomic E-state index is -0.0806. The van der Waals surface area contributed by atoms with Crippen LogP contribution < -0.4 is 5.32 Å². The summed E-state index contributed by atoms with van der Waals surface area (Å²) in [4.78, 5) is 0. The van der Waals surface area contributed by atoms with Gasteiger partial charge in [-0.2, -0.15) is 0 Å². The zero-order valence-corrected chi connectivity index (χ0v) is 13.2. The maximum Gasteiger partial charge on any atom is 0.0644 e. The highest BCUT2D eigenvalue weighted by Crippen LogP contribution is 2.13. The fourth-order valence-corrected chi connectivity index (χ4v) is 1.67. The van der Waals surface area contributed by atoms with E-state index in [9.17, 15) is 0 Å². The Morgan fingerprint density at radius 3 is 2.39 bits per heavy atom. The summed E-state index contributed by atoms with van der Waals surface area (Å²) >= 11 is 0. The minimum Gasteiger partial charge on any atom is -0.380 e. The molecule has 0 aromatic heterocycles. The lowest BCUT2D eigenvalue weighted by Gasteiger charge is -2.26. The molecule has 0 aromatic rings. The molecule has 0 radical (unpaired) electrons. The van der Waals surface area contributed by atoms with E-state index in [2.05, 4.69) is 39.9 Å². The Morgan fingerprint density at radius 1 is 1.22 bits per heavy atom. The highest BCUT2D eigenvalue weighted by Gasteiger charge is 2.18. The number of methoxy groups -OCH3 is 1. The van der Waals surface area contributed by atoms with Crippen LogP contribution >= 0.6 is 0 Å². The summed E-state index contributed by atoms with van der Waals surface area (Å²) in [5.74, 6) is 0.659. The molecule has 0 aliphatic heterocycles. The van der Waals surface area contributed by atoms with E-state index in [0.29, 0.717) is 12.0 Å². The first-order valence-electron chi connectivity index (χ1n) is 7.33. The van der Waals surface area contributed by atoms with Gasteiger partial charge in [-0.05, 0) is 39.2 Å². The van der Waals surface area contributed by atoms with Gasteiger partial charge in [0.05, 0.1) is 12.2 Å². The topological polar surface area (TPSA) is 30.5 Å². The van der Waals surface area contributed by atoms with E-state index in [1.54, 1.807) is 7.11 Å². The summed E-state index contributed by atoms with van der Waals surface area (Å²) in [6, 6.07) is 0.473. The third kappa shape index (κ3) is 8.06. The number of nitrogens with one attached hydrogen (secondary N) is 1. The van der Waals surface area contributed by atoms with Crippen LogP contribution in [-0.4, -0.2) is 38.5 Å². The van der Waals surface area contributed by atoms with Gasteiger partial charge in [0.25, 0.3) is 0 Å². The van der Waals surface area contributed by atoms with Crippen molar-refractivity contribution in [2.45, 2.75) is 65.5 Å². The Kier molecular flexibility index (Phi) is 9.70. The lowest BCUT2D eigenvalue weighted by molar-refractivity contribution is -0.0141. The van der Waals surface area contributed by atoms with E-state index in [0.717, 1.165) is 26.2 Å². The van der Waals surface area contributed by atoms with Gasteiger partial charge in [-0.25, -0.2) is 0 Å². The highest BCUT2D eigenvalue weighted by atomic mass is 16.5. The predicted octanol–water partition coefficient (Wildman–Crippen LogP) is 3.23. The van der Waals surface area contributed by atoms with Gasteiger partial charge >= 0.3 is 0 Å². The van der Waals surface area contributed by atoms with Crippen molar-refractivity contribution in [3.63, 3.8) is 0 Å². The number of ether oxygens (including phenoxy) is 2. The van der Waals surface area contributed by atoms with Crippen LogP contribution in [0.4, 0.5) is 0 Å². The Balaban J connectivity index is 3.89. The zero-order chi connectivity index (χ0) is 14.0. The number of hydrogen-bond donors (Lipinski definition) is 1. The Bertz CT molecular complexity index is 195. The summed E-state index contributed by atoms with van der Waals surface area (Å²) in [5.41, 5.74) is -0.0806. The van der Waals surface area contributed by atoms with Crippen LogP contribution in [0.2, 0.25) is 0 Å². The van der Waals surface area contributed by atoms with Crippen molar-refractivity contribution in [2.75, 3.05) is 26.9 Å². The predicted molar refractivity (Wildman–Crippen MR) is 78.1 cm³/mol. The van der Waals surface area contributed by atoms with Crippen molar-refractivity contribution in [3.8, 4) is 0 Å². The Hall–Kier alpha value is -0.120. The number of hydrogen-bond acceptors (Lipinski definition) is 3. The first kappa shape index (κ1) is 17.9. The molecule has 1 N–H and O–H groups in total. The SMILES string of the molecule is CCCNC(COCCC(C)(C)OC)C(C)CC. The third-order valence-corrected chi connectivity index (χ3v) is 3.69. The maximum atomic E-state index is 5.81. The van der Waals surface area contributed by atoms with Gasteiger partial charge in [-0.1, -0.05) is 27.2 Å². The van der Waals surface area contributed by atoms with Crippen molar-refractivity contribution < 1.29 is 9.47 Å². The molecule has 2 atom stereocenters. The van der Waals surface area contributed by atoms with Gasteiger partial charge < -0.3 is 14.8 Å². The molecule has 3 heteroatoms. The van der Waals surface area contributed by atoms with Crippen LogP contribution in [-0.2, 0) is 9.47 Å². The van der Waals surface area contributed by atoms with Crippen LogP contribution in [0.1, 0.15) is 53.9 Å². The van der Waals surface area contributed by atoms with Crippen LogP contribution in [0.5, 0.6) is 0 Å². The molecule has 0 bridgehead atoms. The minimum absolute atomic E-state index is 0.0806. The second-order valence-corrected chi connectivity index (χ2v) is 5.73. The monoisotopic (exact) mass is 259 g/mol. The maximum absolute atomic E-state index is 5.81. The summed E-state index contributed by atoms with van der Waals surface area (Å²) in [6.07, 6.45) is 3.29. The van der Waals surface area contributed by atoms with E-state index in [-0.39, 0.29) is 5.60 Å². The van der Waals surface area contributed by atoms with E-state index >= 15 is 0 Å². The quantitative estimate of drug-likeness (QED) is 0.578. The summed E-state index contributed by atoms with van der Waals surface area (Å²) in [7, 11) is 1.75. The molecule has 2 unspecified atom stereocenters. The van der Waals surface area contributed by atoms with Gasteiger partial charge in [-0.15, -0.1) is 0 Å². The van der Waals surface area contributed by atoms with Crippen LogP contribution in [0.3, 0.4) is 0 Å². The van der Waals surface area contributed by atoms with E-state index in [4.69, 9.17) is 9.47 Å². The van der Waals surface area contributed by atoms with E-state index in [1.165, 1.54) is 12.8 Å².